The molecule has 0 spiro atoms. The van der Waals surface area contributed by atoms with Crippen molar-refractivity contribution in [2.24, 2.45) is 5.41 Å². The van der Waals surface area contributed by atoms with Gasteiger partial charge in [-0.1, -0.05) is 20.8 Å². The molecule has 0 saturated carbocycles. The van der Waals surface area contributed by atoms with Gasteiger partial charge in [0, 0.05) is 6.54 Å². The van der Waals surface area contributed by atoms with Crippen LogP contribution in [-0.4, -0.2) is 11.5 Å². The highest BCUT2D eigenvalue weighted by Gasteiger charge is 2.33. The second-order valence-corrected chi connectivity index (χ2v) is 5.44. The van der Waals surface area contributed by atoms with Gasteiger partial charge in [-0.3, -0.25) is 0 Å². The third-order valence-corrected chi connectivity index (χ3v) is 2.47. The van der Waals surface area contributed by atoms with Crippen LogP contribution in [0, 0.1) is 16.7 Å². The number of nitriles is 1. The van der Waals surface area contributed by atoms with Crippen molar-refractivity contribution in [2.45, 2.75) is 33.4 Å². The molecular formula is C13H16F3N3. The number of pyridine rings is 1. The fraction of sp³-hybridized carbons (Fsp3) is 0.538. The first-order valence-electron chi connectivity index (χ1n) is 5.86. The Hall–Kier alpha value is -1.77. The highest BCUT2D eigenvalue weighted by molar-refractivity contribution is 5.52. The third-order valence-electron chi connectivity index (χ3n) is 2.47. The number of nitrogens with one attached hydrogen (secondary N) is 1. The zero-order valence-electron chi connectivity index (χ0n) is 11.1. The Morgan fingerprint density at radius 1 is 1.26 bits per heavy atom. The lowest BCUT2D eigenvalue weighted by Crippen LogP contribution is -2.16. The normalized spacial score (nSPS) is 12.1. The van der Waals surface area contributed by atoms with Crippen molar-refractivity contribution in [3.63, 3.8) is 0 Å². The van der Waals surface area contributed by atoms with Crippen molar-refractivity contribution in [2.75, 3.05) is 11.9 Å². The molecule has 1 heterocycles. The minimum atomic E-state index is -4.51. The molecule has 0 fully saturated rings. The smallest absolute Gasteiger partial charge is 0.369 e. The van der Waals surface area contributed by atoms with E-state index in [-0.39, 0.29) is 16.8 Å². The van der Waals surface area contributed by atoms with Crippen LogP contribution in [0.15, 0.2) is 12.1 Å². The van der Waals surface area contributed by atoms with Gasteiger partial charge in [-0.2, -0.15) is 18.4 Å². The molecule has 0 atom stereocenters. The number of aromatic nitrogens is 1. The Morgan fingerprint density at radius 3 is 2.37 bits per heavy atom. The lowest BCUT2D eigenvalue weighted by atomic mass is 9.92. The van der Waals surface area contributed by atoms with Gasteiger partial charge in [0.15, 0.2) is 0 Å². The Kier molecular flexibility index (Phi) is 4.40. The summed E-state index contributed by atoms with van der Waals surface area (Å²) >= 11 is 0. The summed E-state index contributed by atoms with van der Waals surface area (Å²) in [6.45, 7) is 6.55. The Bertz CT molecular complexity index is 481. The Labute approximate surface area is 110 Å². The molecule has 1 N–H and O–H groups in total. The quantitative estimate of drug-likeness (QED) is 0.909. The molecule has 0 aliphatic rings. The highest BCUT2D eigenvalue weighted by Crippen LogP contribution is 2.29. The first-order chi connectivity index (χ1) is 8.63. The molecule has 0 aliphatic heterocycles. The van der Waals surface area contributed by atoms with Crippen LogP contribution in [0.5, 0.6) is 0 Å². The molecule has 1 rings (SSSR count). The van der Waals surface area contributed by atoms with Gasteiger partial charge in [0.1, 0.15) is 17.6 Å². The maximum atomic E-state index is 12.5. The number of rotatable bonds is 3. The van der Waals surface area contributed by atoms with Gasteiger partial charge in [-0.05, 0) is 24.0 Å². The van der Waals surface area contributed by atoms with Gasteiger partial charge in [0.2, 0.25) is 0 Å². The fourth-order valence-electron chi connectivity index (χ4n) is 1.40. The van der Waals surface area contributed by atoms with Crippen molar-refractivity contribution in [3.05, 3.63) is 23.4 Å². The molecule has 0 aromatic carbocycles. The molecule has 0 aliphatic carbocycles. The average Bonchev–Trinajstić information content (AvgIpc) is 2.26. The first kappa shape index (κ1) is 15.3. The predicted octanol–water partition coefficient (Wildman–Crippen LogP) is 3.82. The number of halogens is 3. The first-order valence-corrected chi connectivity index (χ1v) is 5.86. The van der Waals surface area contributed by atoms with Crippen LogP contribution in [0.3, 0.4) is 0 Å². The van der Waals surface area contributed by atoms with E-state index in [0.29, 0.717) is 6.54 Å². The SMILES string of the molecule is CC(C)(C)CCNc1nc(C(F)(F)F)ccc1C#N. The summed E-state index contributed by atoms with van der Waals surface area (Å²) in [5.74, 6) is -0.0124. The second kappa shape index (κ2) is 5.47. The molecule has 104 valence electrons. The van der Waals surface area contributed by atoms with Gasteiger partial charge in [-0.15, -0.1) is 0 Å². The molecule has 19 heavy (non-hydrogen) atoms. The standard InChI is InChI=1S/C13H16F3N3/c1-12(2,3)6-7-18-11-9(8-17)4-5-10(19-11)13(14,15)16/h4-5H,6-7H2,1-3H3,(H,18,19). The summed E-state index contributed by atoms with van der Waals surface area (Å²) in [5, 5.41) is 11.7. The van der Waals surface area contributed by atoms with Crippen LogP contribution in [0.2, 0.25) is 0 Å². The lowest BCUT2D eigenvalue weighted by Gasteiger charge is -2.19. The Morgan fingerprint density at radius 2 is 1.89 bits per heavy atom. The molecule has 6 heteroatoms. The van der Waals surface area contributed by atoms with E-state index in [0.717, 1.165) is 18.6 Å². The zero-order valence-corrected chi connectivity index (χ0v) is 11.1. The maximum Gasteiger partial charge on any atom is 0.433 e. The van der Waals surface area contributed by atoms with Crippen molar-refractivity contribution in [1.82, 2.24) is 4.98 Å². The van der Waals surface area contributed by atoms with Crippen LogP contribution < -0.4 is 5.32 Å². The molecule has 0 amide bonds. The van der Waals surface area contributed by atoms with E-state index in [1.165, 1.54) is 0 Å². The van der Waals surface area contributed by atoms with Gasteiger partial charge in [0.25, 0.3) is 0 Å². The molecule has 1 aromatic rings. The fourth-order valence-corrected chi connectivity index (χ4v) is 1.40. The second-order valence-electron chi connectivity index (χ2n) is 5.44. The van der Waals surface area contributed by atoms with Crippen LogP contribution in [0.1, 0.15) is 38.4 Å². The van der Waals surface area contributed by atoms with Crippen molar-refractivity contribution >= 4 is 5.82 Å². The van der Waals surface area contributed by atoms with E-state index >= 15 is 0 Å². The van der Waals surface area contributed by atoms with Crippen molar-refractivity contribution < 1.29 is 13.2 Å². The van der Waals surface area contributed by atoms with Crippen LogP contribution in [-0.2, 0) is 6.18 Å². The monoisotopic (exact) mass is 271 g/mol. The molecule has 1 aromatic heterocycles. The summed E-state index contributed by atoms with van der Waals surface area (Å²) in [7, 11) is 0. The van der Waals surface area contributed by atoms with E-state index in [1.807, 2.05) is 26.8 Å². The molecule has 0 bridgehead atoms. The average molecular weight is 271 g/mol. The summed E-state index contributed by atoms with van der Waals surface area (Å²) in [5.41, 5.74) is -0.826. The van der Waals surface area contributed by atoms with E-state index in [9.17, 15) is 13.2 Å². The topological polar surface area (TPSA) is 48.7 Å². The van der Waals surface area contributed by atoms with Gasteiger partial charge >= 0.3 is 6.18 Å². The summed E-state index contributed by atoms with van der Waals surface area (Å²) < 4.78 is 37.6. The number of alkyl halides is 3. The minimum Gasteiger partial charge on any atom is -0.369 e. The third kappa shape index (κ3) is 4.78. The largest absolute Gasteiger partial charge is 0.433 e. The molecule has 0 radical (unpaired) electrons. The van der Waals surface area contributed by atoms with E-state index < -0.39 is 11.9 Å². The van der Waals surface area contributed by atoms with E-state index in [2.05, 4.69) is 10.3 Å². The molecular weight excluding hydrogens is 255 g/mol. The zero-order chi connectivity index (χ0) is 14.7. The molecule has 3 nitrogen and oxygen atoms in total. The number of anilines is 1. The number of hydrogen-bond acceptors (Lipinski definition) is 3. The summed E-state index contributed by atoms with van der Waals surface area (Å²) in [6, 6.07) is 3.78. The van der Waals surface area contributed by atoms with Crippen LogP contribution in [0.25, 0.3) is 0 Å². The molecule has 0 saturated heterocycles. The van der Waals surface area contributed by atoms with Crippen LogP contribution >= 0.6 is 0 Å². The number of hydrogen-bond donors (Lipinski definition) is 1. The van der Waals surface area contributed by atoms with E-state index in [1.54, 1.807) is 0 Å². The van der Waals surface area contributed by atoms with Gasteiger partial charge in [-0.25, -0.2) is 4.98 Å². The Balaban J connectivity index is 2.89. The van der Waals surface area contributed by atoms with Crippen LogP contribution in [0.4, 0.5) is 19.0 Å². The predicted molar refractivity (Wildman–Crippen MR) is 66.5 cm³/mol. The van der Waals surface area contributed by atoms with Gasteiger partial charge in [0.05, 0.1) is 5.56 Å². The number of nitrogens with zero attached hydrogens (tertiary/aromatic N) is 2. The minimum absolute atomic E-state index is 0.0124. The lowest BCUT2D eigenvalue weighted by molar-refractivity contribution is -0.141. The van der Waals surface area contributed by atoms with Crippen molar-refractivity contribution in [3.8, 4) is 6.07 Å². The molecule has 0 unspecified atom stereocenters. The van der Waals surface area contributed by atoms with Gasteiger partial charge < -0.3 is 5.32 Å². The summed E-state index contributed by atoms with van der Waals surface area (Å²) in [6.07, 6.45) is -3.75. The summed E-state index contributed by atoms with van der Waals surface area (Å²) in [4.78, 5) is 3.48. The maximum absolute atomic E-state index is 12.5. The van der Waals surface area contributed by atoms with E-state index in [4.69, 9.17) is 5.26 Å². The van der Waals surface area contributed by atoms with Crippen molar-refractivity contribution in [1.29, 1.82) is 5.26 Å². The highest BCUT2D eigenvalue weighted by atomic mass is 19.4.